The molecule has 0 radical (unpaired) electrons. The Morgan fingerprint density at radius 2 is 1.92 bits per heavy atom. The summed E-state index contributed by atoms with van der Waals surface area (Å²) in [5, 5.41) is 25.6. The number of aromatic nitrogens is 4. The summed E-state index contributed by atoms with van der Waals surface area (Å²) < 4.78 is 30.7. The van der Waals surface area contributed by atoms with E-state index in [4.69, 9.17) is 9.88 Å². The first kappa shape index (κ1) is 27.2. The Morgan fingerprint density at radius 3 is 2.58 bits per heavy atom. The minimum absolute atomic E-state index is 0.0323. The molecular formula is C24H26N6O6S2. The third kappa shape index (κ3) is 6.51. The summed E-state index contributed by atoms with van der Waals surface area (Å²) in [5.41, 5.74) is 1.71. The standard InChI is InChI=1S/C24H26N6O6S2/c1-14(2)21(22(31)26-19(23(32)33)10-15-6-4-3-5-7-15)30-12-16(28-29-30)13-36-17-8-9-18-20(11-17)37-24(27-18)38(25,34)35/h3-9,11-12,14,19,21H,10,13H2,1-2H3,(H,26,31)(H,32,33)(H2,25,34,35). The Bertz CT molecular complexity index is 1550. The number of hydrogen-bond acceptors (Lipinski definition) is 9. The second-order valence-electron chi connectivity index (χ2n) is 8.91. The van der Waals surface area contributed by atoms with Gasteiger partial charge in [-0.3, -0.25) is 4.79 Å². The minimum atomic E-state index is -3.90. The number of carbonyl (C=O) groups is 2. The fraction of sp³-hybridized carbons (Fsp3) is 0.292. The first-order chi connectivity index (χ1) is 18.0. The fourth-order valence-corrected chi connectivity index (χ4v) is 5.49. The number of carboxylic acid groups (broad SMARTS) is 1. The second-order valence-corrected chi connectivity index (χ2v) is 11.7. The van der Waals surface area contributed by atoms with Crippen LogP contribution in [0.2, 0.25) is 0 Å². The van der Waals surface area contributed by atoms with Gasteiger partial charge in [-0.05, 0) is 29.7 Å². The molecule has 0 fully saturated rings. The summed E-state index contributed by atoms with van der Waals surface area (Å²) in [4.78, 5) is 28.9. The lowest BCUT2D eigenvalue weighted by atomic mass is 10.0. The van der Waals surface area contributed by atoms with E-state index in [2.05, 4.69) is 20.6 Å². The van der Waals surface area contributed by atoms with Crippen molar-refractivity contribution in [3.05, 3.63) is 66.0 Å². The summed E-state index contributed by atoms with van der Waals surface area (Å²) in [6.07, 6.45) is 1.72. The number of rotatable bonds is 11. The molecule has 1 amide bonds. The molecule has 0 saturated carbocycles. The lowest BCUT2D eigenvalue weighted by Gasteiger charge is -2.23. The maximum atomic E-state index is 13.1. The lowest BCUT2D eigenvalue weighted by Crippen LogP contribution is -2.46. The van der Waals surface area contributed by atoms with Crippen LogP contribution in [0, 0.1) is 5.92 Å². The Hall–Kier alpha value is -3.88. The van der Waals surface area contributed by atoms with E-state index < -0.39 is 34.0 Å². The van der Waals surface area contributed by atoms with E-state index in [1.165, 1.54) is 4.68 Å². The van der Waals surface area contributed by atoms with Crippen molar-refractivity contribution in [3.8, 4) is 5.75 Å². The Balaban J connectivity index is 1.44. The number of hydrogen-bond donors (Lipinski definition) is 3. The van der Waals surface area contributed by atoms with Crippen LogP contribution in [0.4, 0.5) is 0 Å². The van der Waals surface area contributed by atoms with Crippen LogP contribution >= 0.6 is 11.3 Å². The molecule has 4 rings (SSSR count). The van der Waals surface area contributed by atoms with Gasteiger partial charge in [0.1, 0.15) is 30.1 Å². The van der Waals surface area contributed by atoms with Crippen molar-refractivity contribution in [2.24, 2.45) is 11.1 Å². The molecule has 4 aromatic rings. The summed E-state index contributed by atoms with van der Waals surface area (Å²) in [5.74, 6) is -1.37. The van der Waals surface area contributed by atoms with Crippen molar-refractivity contribution in [2.45, 2.75) is 43.3 Å². The molecule has 38 heavy (non-hydrogen) atoms. The van der Waals surface area contributed by atoms with E-state index >= 15 is 0 Å². The number of carbonyl (C=O) groups excluding carboxylic acids is 1. The summed E-state index contributed by atoms with van der Waals surface area (Å²) in [7, 11) is -3.90. The number of amides is 1. The van der Waals surface area contributed by atoms with Gasteiger partial charge in [0.05, 0.1) is 16.4 Å². The third-order valence-electron chi connectivity index (χ3n) is 5.61. The van der Waals surface area contributed by atoms with Crippen molar-refractivity contribution < 1.29 is 27.9 Å². The smallest absolute Gasteiger partial charge is 0.326 e. The first-order valence-corrected chi connectivity index (χ1v) is 13.9. The number of primary sulfonamides is 1. The number of nitrogens with zero attached hydrogens (tertiary/aromatic N) is 4. The lowest BCUT2D eigenvalue weighted by molar-refractivity contribution is -0.142. The first-order valence-electron chi connectivity index (χ1n) is 11.6. The van der Waals surface area contributed by atoms with Crippen LogP contribution in [0.25, 0.3) is 10.2 Å². The monoisotopic (exact) mass is 558 g/mol. The molecule has 2 atom stereocenters. The Labute approximate surface area is 222 Å². The van der Waals surface area contributed by atoms with Crippen LogP contribution < -0.4 is 15.2 Å². The van der Waals surface area contributed by atoms with Gasteiger partial charge in [0.15, 0.2) is 0 Å². The van der Waals surface area contributed by atoms with Crippen LogP contribution in [0.1, 0.15) is 31.1 Å². The number of ether oxygens (including phenoxy) is 1. The normalized spacial score (nSPS) is 13.4. The second kappa shape index (κ2) is 11.2. The van der Waals surface area contributed by atoms with Crippen LogP contribution in [0.5, 0.6) is 5.75 Å². The zero-order valence-electron chi connectivity index (χ0n) is 20.5. The molecule has 0 bridgehead atoms. The van der Waals surface area contributed by atoms with Crippen LogP contribution in [0.15, 0.2) is 59.1 Å². The maximum Gasteiger partial charge on any atom is 0.326 e. The quantitative estimate of drug-likeness (QED) is 0.248. The van der Waals surface area contributed by atoms with Crippen molar-refractivity contribution in [1.82, 2.24) is 25.3 Å². The summed E-state index contributed by atoms with van der Waals surface area (Å²) in [6, 6.07) is 12.1. The molecule has 0 aliphatic rings. The average molecular weight is 559 g/mol. The van der Waals surface area contributed by atoms with Crippen molar-refractivity contribution in [3.63, 3.8) is 0 Å². The molecule has 0 aliphatic carbocycles. The molecule has 14 heteroatoms. The van der Waals surface area contributed by atoms with Gasteiger partial charge in [-0.2, -0.15) is 0 Å². The summed E-state index contributed by atoms with van der Waals surface area (Å²) in [6.45, 7) is 3.69. The zero-order chi connectivity index (χ0) is 27.4. The van der Waals surface area contributed by atoms with E-state index in [1.807, 2.05) is 32.0 Å². The number of sulfonamides is 1. The van der Waals surface area contributed by atoms with E-state index in [9.17, 15) is 23.1 Å². The van der Waals surface area contributed by atoms with Gasteiger partial charge < -0.3 is 15.2 Å². The van der Waals surface area contributed by atoms with E-state index in [1.54, 1.807) is 36.5 Å². The molecule has 4 N–H and O–H groups in total. The van der Waals surface area contributed by atoms with Gasteiger partial charge in [-0.25, -0.2) is 28.0 Å². The predicted molar refractivity (Wildman–Crippen MR) is 139 cm³/mol. The highest BCUT2D eigenvalue weighted by Gasteiger charge is 2.30. The van der Waals surface area contributed by atoms with Crippen molar-refractivity contribution in [2.75, 3.05) is 0 Å². The van der Waals surface area contributed by atoms with Gasteiger partial charge in [0, 0.05) is 6.42 Å². The molecule has 2 aromatic carbocycles. The Morgan fingerprint density at radius 1 is 1.18 bits per heavy atom. The average Bonchev–Trinajstić information content (AvgIpc) is 3.49. The fourth-order valence-electron chi connectivity index (χ4n) is 3.80. The maximum absolute atomic E-state index is 13.1. The number of nitrogens with two attached hydrogens (primary N) is 1. The van der Waals surface area contributed by atoms with Crippen molar-refractivity contribution in [1.29, 1.82) is 0 Å². The summed E-state index contributed by atoms with van der Waals surface area (Å²) >= 11 is 0.939. The molecule has 12 nitrogen and oxygen atoms in total. The van der Waals surface area contributed by atoms with Crippen LogP contribution in [-0.4, -0.2) is 51.4 Å². The molecule has 0 saturated heterocycles. The number of thiazole rings is 1. The minimum Gasteiger partial charge on any atom is -0.487 e. The highest BCUT2D eigenvalue weighted by molar-refractivity contribution is 7.91. The molecule has 2 aromatic heterocycles. The van der Waals surface area contributed by atoms with E-state index in [0.717, 1.165) is 16.9 Å². The van der Waals surface area contributed by atoms with Gasteiger partial charge in [-0.15, -0.1) is 16.4 Å². The van der Waals surface area contributed by atoms with Crippen LogP contribution in [0.3, 0.4) is 0 Å². The molecule has 2 heterocycles. The molecular weight excluding hydrogens is 532 g/mol. The SMILES string of the molecule is CC(C)C(C(=O)NC(Cc1ccccc1)C(=O)O)n1cc(COc2ccc3nc(S(N)(=O)=O)sc3c2)nn1. The van der Waals surface area contributed by atoms with Crippen molar-refractivity contribution >= 4 is 43.5 Å². The number of aliphatic carboxylic acids is 1. The third-order valence-corrected chi connectivity index (χ3v) is 7.95. The van der Waals surface area contributed by atoms with Gasteiger partial charge in [0.2, 0.25) is 10.2 Å². The highest BCUT2D eigenvalue weighted by atomic mass is 32.2. The molecule has 0 aliphatic heterocycles. The molecule has 0 spiro atoms. The number of benzene rings is 2. The molecule has 2 unspecified atom stereocenters. The highest BCUT2D eigenvalue weighted by Crippen LogP contribution is 2.28. The zero-order valence-corrected chi connectivity index (χ0v) is 22.1. The predicted octanol–water partition coefficient (Wildman–Crippen LogP) is 2.12. The topological polar surface area (TPSA) is 179 Å². The van der Waals surface area contributed by atoms with Gasteiger partial charge >= 0.3 is 5.97 Å². The number of fused-ring (bicyclic) bond motifs is 1. The largest absolute Gasteiger partial charge is 0.487 e. The number of carboxylic acids is 1. The number of nitrogens with one attached hydrogen (secondary N) is 1. The van der Waals surface area contributed by atoms with E-state index in [0.29, 0.717) is 21.7 Å². The van der Waals surface area contributed by atoms with Crippen LogP contribution in [-0.2, 0) is 32.6 Å². The van der Waals surface area contributed by atoms with Gasteiger partial charge in [-0.1, -0.05) is 49.4 Å². The molecule has 200 valence electrons. The van der Waals surface area contributed by atoms with E-state index in [-0.39, 0.29) is 23.3 Å². The van der Waals surface area contributed by atoms with Gasteiger partial charge in [0.25, 0.3) is 10.0 Å². The Kier molecular flexibility index (Phi) is 8.04.